The number of carbonyl (C=O) groups is 2. The predicted molar refractivity (Wildman–Crippen MR) is 58.9 cm³/mol. The van der Waals surface area contributed by atoms with Crippen LogP contribution in [0, 0.1) is 5.92 Å². The lowest BCUT2D eigenvalue weighted by Crippen LogP contribution is -2.31. The van der Waals surface area contributed by atoms with Gasteiger partial charge in [-0.2, -0.15) is 0 Å². The van der Waals surface area contributed by atoms with Crippen LogP contribution in [0.25, 0.3) is 0 Å². The van der Waals surface area contributed by atoms with Crippen molar-refractivity contribution in [1.82, 2.24) is 0 Å². The summed E-state index contributed by atoms with van der Waals surface area (Å²) >= 11 is 0. The monoisotopic (exact) mass is 260 g/mol. The Morgan fingerprint density at radius 3 is 2.44 bits per heavy atom. The van der Waals surface area contributed by atoms with E-state index in [1.807, 2.05) is 0 Å². The van der Waals surface area contributed by atoms with Gasteiger partial charge in [0.15, 0.2) is 0 Å². The first kappa shape index (κ1) is 14.3. The Morgan fingerprint density at radius 1 is 1.17 bits per heavy atom. The lowest BCUT2D eigenvalue weighted by atomic mass is 10.0. The first-order valence-electron chi connectivity index (χ1n) is 5.40. The SMILES string of the molecule is COC(=O)OCC[C@@H]1C=C[C@@H](OC(=O)OC)[C@@H]1O. The van der Waals surface area contributed by atoms with Crippen molar-refractivity contribution in [3.8, 4) is 0 Å². The highest BCUT2D eigenvalue weighted by atomic mass is 16.7. The summed E-state index contributed by atoms with van der Waals surface area (Å²) in [6.07, 6.45) is 0.465. The molecular formula is C11H16O7. The standard InChI is InChI=1S/C11H16O7/c1-15-10(13)17-6-5-7-3-4-8(9(7)12)18-11(14)16-2/h3-4,7-9,12H,5-6H2,1-2H3/t7-,8+,9+/m0/s1. The molecule has 0 heterocycles. The molecule has 0 saturated carbocycles. The lowest BCUT2D eigenvalue weighted by Gasteiger charge is -2.19. The Morgan fingerprint density at radius 2 is 1.83 bits per heavy atom. The molecule has 1 aliphatic rings. The second kappa shape index (κ2) is 6.85. The first-order valence-corrected chi connectivity index (χ1v) is 5.40. The van der Waals surface area contributed by atoms with Gasteiger partial charge in [0.25, 0.3) is 0 Å². The Kier molecular flexibility index (Phi) is 5.44. The molecule has 3 atom stereocenters. The van der Waals surface area contributed by atoms with Gasteiger partial charge in [-0.3, -0.25) is 0 Å². The normalized spacial score (nSPS) is 25.6. The molecule has 7 nitrogen and oxygen atoms in total. The highest BCUT2D eigenvalue weighted by Gasteiger charge is 2.32. The number of ether oxygens (including phenoxy) is 4. The van der Waals surface area contributed by atoms with Gasteiger partial charge < -0.3 is 24.1 Å². The summed E-state index contributed by atoms with van der Waals surface area (Å²) in [6.45, 7) is 0.115. The quantitative estimate of drug-likeness (QED) is 0.592. The number of hydrogen-bond acceptors (Lipinski definition) is 7. The molecule has 0 unspecified atom stereocenters. The van der Waals surface area contributed by atoms with Crippen molar-refractivity contribution in [3.63, 3.8) is 0 Å². The fourth-order valence-electron chi connectivity index (χ4n) is 1.60. The Balaban J connectivity index is 2.31. The Labute approximate surface area is 104 Å². The summed E-state index contributed by atoms with van der Waals surface area (Å²) < 4.78 is 18.2. The molecule has 1 N–H and O–H groups in total. The van der Waals surface area contributed by atoms with E-state index in [9.17, 15) is 14.7 Å². The van der Waals surface area contributed by atoms with E-state index < -0.39 is 24.5 Å². The third-order valence-electron chi connectivity index (χ3n) is 2.56. The molecule has 0 aromatic rings. The molecule has 0 aromatic carbocycles. The van der Waals surface area contributed by atoms with Crippen LogP contribution in [0.5, 0.6) is 0 Å². The summed E-state index contributed by atoms with van der Waals surface area (Å²) in [5.74, 6) is -0.246. The number of methoxy groups -OCH3 is 2. The number of carbonyl (C=O) groups excluding carboxylic acids is 2. The minimum atomic E-state index is -0.870. The molecule has 1 aliphatic carbocycles. The van der Waals surface area contributed by atoms with Crippen LogP contribution < -0.4 is 0 Å². The van der Waals surface area contributed by atoms with Crippen LogP contribution >= 0.6 is 0 Å². The van der Waals surface area contributed by atoms with Gasteiger partial charge >= 0.3 is 12.3 Å². The number of rotatable bonds is 4. The number of hydrogen-bond donors (Lipinski definition) is 1. The highest BCUT2D eigenvalue weighted by Crippen LogP contribution is 2.24. The molecule has 0 spiro atoms. The zero-order chi connectivity index (χ0) is 13.5. The molecule has 0 amide bonds. The van der Waals surface area contributed by atoms with Crippen LogP contribution in [0.2, 0.25) is 0 Å². The van der Waals surface area contributed by atoms with Crippen LogP contribution in [0.15, 0.2) is 12.2 Å². The van der Waals surface area contributed by atoms with E-state index in [1.54, 1.807) is 12.2 Å². The minimum Gasteiger partial charge on any atom is -0.438 e. The van der Waals surface area contributed by atoms with Gasteiger partial charge in [0.05, 0.1) is 20.8 Å². The topological polar surface area (TPSA) is 91.3 Å². The van der Waals surface area contributed by atoms with Crippen LogP contribution in [-0.4, -0.2) is 50.5 Å². The molecule has 7 heteroatoms. The van der Waals surface area contributed by atoms with Crippen molar-refractivity contribution in [3.05, 3.63) is 12.2 Å². The number of aliphatic hydroxyl groups is 1. The van der Waals surface area contributed by atoms with Gasteiger partial charge in [0.2, 0.25) is 0 Å². The molecule has 0 saturated heterocycles. The van der Waals surface area contributed by atoms with Gasteiger partial charge in [-0.25, -0.2) is 9.59 Å². The van der Waals surface area contributed by atoms with E-state index in [-0.39, 0.29) is 12.5 Å². The maximum absolute atomic E-state index is 10.9. The average molecular weight is 260 g/mol. The summed E-state index contributed by atoms with van der Waals surface area (Å²) in [7, 11) is 2.40. The maximum Gasteiger partial charge on any atom is 0.508 e. The van der Waals surface area contributed by atoms with Gasteiger partial charge in [0.1, 0.15) is 12.2 Å². The van der Waals surface area contributed by atoms with Crippen molar-refractivity contribution in [2.75, 3.05) is 20.8 Å². The smallest absolute Gasteiger partial charge is 0.438 e. The second-order valence-corrected chi connectivity index (χ2v) is 3.67. The zero-order valence-corrected chi connectivity index (χ0v) is 10.2. The fraction of sp³-hybridized carbons (Fsp3) is 0.636. The number of aliphatic hydroxyl groups excluding tert-OH is 1. The molecule has 0 bridgehead atoms. The molecule has 1 rings (SSSR count). The van der Waals surface area contributed by atoms with E-state index in [0.29, 0.717) is 6.42 Å². The third kappa shape index (κ3) is 3.92. The Bertz CT molecular complexity index is 325. The van der Waals surface area contributed by atoms with E-state index in [4.69, 9.17) is 9.47 Å². The van der Waals surface area contributed by atoms with Crippen LogP contribution in [0.1, 0.15) is 6.42 Å². The zero-order valence-electron chi connectivity index (χ0n) is 10.2. The molecule has 0 aromatic heterocycles. The largest absolute Gasteiger partial charge is 0.508 e. The van der Waals surface area contributed by atoms with Crippen molar-refractivity contribution in [2.45, 2.75) is 18.6 Å². The van der Waals surface area contributed by atoms with Crippen molar-refractivity contribution < 1.29 is 33.6 Å². The fourth-order valence-corrected chi connectivity index (χ4v) is 1.60. The summed E-state index contributed by atoms with van der Waals surface area (Å²) in [6, 6.07) is 0. The van der Waals surface area contributed by atoms with Crippen LogP contribution in [-0.2, 0) is 18.9 Å². The second-order valence-electron chi connectivity index (χ2n) is 3.67. The van der Waals surface area contributed by atoms with E-state index in [0.717, 1.165) is 0 Å². The predicted octanol–water partition coefficient (Wildman–Crippen LogP) is 0.858. The van der Waals surface area contributed by atoms with Crippen molar-refractivity contribution in [1.29, 1.82) is 0 Å². The molecular weight excluding hydrogens is 244 g/mol. The highest BCUT2D eigenvalue weighted by molar-refractivity contribution is 5.60. The van der Waals surface area contributed by atoms with E-state index >= 15 is 0 Å². The summed E-state index contributed by atoms with van der Waals surface area (Å²) in [5.41, 5.74) is 0. The average Bonchev–Trinajstić information content (AvgIpc) is 2.71. The van der Waals surface area contributed by atoms with Gasteiger partial charge in [-0.1, -0.05) is 6.08 Å². The maximum atomic E-state index is 10.9. The van der Waals surface area contributed by atoms with Gasteiger partial charge in [-0.05, 0) is 12.5 Å². The van der Waals surface area contributed by atoms with Gasteiger partial charge in [-0.15, -0.1) is 0 Å². The van der Waals surface area contributed by atoms with Crippen LogP contribution in [0.3, 0.4) is 0 Å². The summed E-state index contributed by atoms with van der Waals surface area (Å²) in [5, 5.41) is 9.85. The minimum absolute atomic E-state index is 0.115. The summed E-state index contributed by atoms with van der Waals surface area (Å²) in [4.78, 5) is 21.6. The Hall–Kier alpha value is -1.76. The lowest BCUT2D eigenvalue weighted by molar-refractivity contribution is -0.0149. The van der Waals surface area contributed by atoms with E-state index in [2.05, 4.69) is 9.47 Å². The van der Waals surface area contributed by atoms with E-state index in [1.165, 1.54) is 14.2 Å². The first-order chi connectivity index (χ1) is 8.58. The van der Waals surface area contributed by atoms with Gasteiger partial charge in [0, 0.05) is 5.92 Å². The third-order valence-corrected chi connectivity index (χ3v) is 2.56. The van der Waals surface area contributed by atoms with Crippen molar-refractivity contribution >= 4 is 12.3 Å². The molecule has 0 radical (unpaired) electrons. The molecule has 0 fully saturated rings. The molecule has 18 heavy (non-hydrogen) atoms. The molecule has 102 valence electrons. The molecule has 0 aliphatic heterocycles. The van der Waals surface area contributed by atoms with Crippen molar-refractivity contribution in [2.24, 2.45) is 5.92 Å². The van der Waals surface area contributed by atoms with Crippen LogP contribution in [0.4, 0.5) is 9.59 Å².